The van der Waals surface area contributed by atoms with E-state index in [1.54, 1.807) is 0 Å². The average Bonchev–Trinajstić information content (AvgIpc) is 2.19. The van der Waals surface area contributed by atoms with Crippen LogP contribution in [-0.2, 0) is 14.6 Å². The summed E-state index contributed by atoms with van der Waals surface area (Å²) in [5.74, 6) is 0.744. The van der Waals surface area contributed by atoms with Gasteiger partial charge in [-0.3, -0.25) is 9.69 Å². The highest BCUT2D eigenvalue weighted by Gasteiger charge is 2.32. The van der Waals surface area contributed by atoms with Gasteiger partial charge < -0.3 is 0 Å². The Bertz CT molecular complexity index is 336. The van der Waals surface area contributed by atoms with Gasteiger partial charge in [-0.1, -0.05) is 6.42 Å². The van der Waals surface area contributed by atoms with Gasteiger partial charge in [0.15, 0.2) is 9.84 Å². The average molecular weight is 231 g/mol. The predicted molar refractivity (Wildman–Crippen MR) is 57.5 cm³/mol. The SMILES string of the molecule is O=C1CCCCC1N1CCS(=O)(=O)CC1. The highest BCUT2D eigenvalue weighted by atomic mass is 32.2. The fourth-order valence-electron chi connectivity index (χ4n) is 2.39. The van der Waals surface area contributed by atoms with Crippen LogP contribution in [0.2, 0.25) is 0 Å². The number of sulfone groups is 1. The first-order valence-electron chi connectivity index (χ1n) is 5.56. The molecular weight excluding hydrogens is 214 g/mol. The van der Waals surface area contributed by atoms with Crippen molar-refractivity contribution >= 4 is 15.6 Å². The maximum Gasteiger partial charge on any atom is 0.152 e. The summed E-state index contributed by atoms with van der Waals surface area (Å²) >= 11 is 0. The van der Waals surface area contributed by atoms with Gasteiger partial charge in [-0.25, -0.2) is 8.42 Å². The first-order valence-corrected chi connectivity index (χ1v) is 7.38. The van der Waals surface area contributed by atoms with Crippen molar-refractivity contribution in [1.82, 2.24) is 4.90 Å². The highest BCUT2D eigenvalue weighted by molar-refractivity contribution is 7.91. The van der Waals surface area contributed by atoms with E-state index >= 15 is 0 Å². The van der Waals surface area contributed by atoms with Crippen LogP contribution >= 0.6 is 0 Å². The molecule has 0 radical (unpaired) electrons. The van der Waals surface area contributed by atoms with Crippen LogP contribution in [-0.4, -0.2) is 49.7 Å². The number of carbonyl (C=O) groups excluding carboxylic acids is 1. The van der Waals surface area contributed by atoms with E-state index in [1.807, 2.05) is 0 Å². The van der Waals surface area contributed by atoms with Gasteiger partial charge in [0.2, 0.25) is 0 Å². The second-order valence-electron chi connectivity index (χ2n) is 4.42. The topological polar surface area (TPSA) is 54.5 Å². The lowest BCUT2D eigenvalue weighted by atomic mass is 9.93. The molecule has 1 atom stereocenters. The van der Waals surface area contributed by atoms with Crippen molar-refractivity contribution in [3.05, 3.63) is 0 Å². The van der Waals surface area contributed by atoms with E-state index in [0.717, 1.165) is 19.3 Å². The number of carbonyl (C=O) groups is 1. The summed E-state index contributed by atoms with van der Waals surface area (Å²) < 4.78 is 22.5. The molecule has 86 valence electrons. The summed E-state index contributed by atoms with van der Waals surface area (Å²) in [6.07, 6.45) is 3.69. The van der Waals surface area contributed by atoms with Gasteiger partial charge >= 0.3 is 0 Å². The molecule has 0 aromatic rings. The summed E-state index contributed by atoms with van der Waals surface area (Å²) in [4.78, 5) is 13.7. The van der Waals surface area contributed by atoms with Gasteiger partial charge in [0.1, 0.15) is 5.78 Å². The molecule has 0 aromatic heterocycles. The van der Waals surface area contributed by atoms with Crippen molar-refractivity contribution in [2.45, 2.75) is 31.7 Å². The Morgan fingerprint density at radius 2 is 1.80 bits per heavy atom. The molecule has 1 aliphatic heterocycles. The Morgan fingerprint density at radius 3 is 2.40 bits per heavy atom. The monoisotopic (exact) mass is 231 g/mol. The van der Waals surface area contributed by atoms with Crippen molar-refractivity contribution in [3.63, 3.8) is 0 Å². The minimum absolute atomic E-state index is 0.00856. The maximum absolute atomic E-state index is 11.7. The smallest absolute Gasteiger partial charge is 0.152 e. The third-order valence-electron chi connectivity index (χ3n) is 3.34. The van der Waals surface area contributed by atoms with Crippen LogP contribution in [0, 0.1) is 0 Å². The number of hydrogen-bond acceptors (Lipinski definition) is 4. The number of ketones is 1. The summed E-state index contributed by atoms with van der Waals surface area (Å²) in [7, 11) is -2.82. The standard InChI is InChI=1S/C10H17NO3S/c12-10-4-2-1-3-9(10)11-5-7-15(13,14)8-6-11/h9H,1-8H2. The van der Waals surface area contributed by atoms with Crippen molar-refractivity contribution in [2.75, 3.05) is 24.6 Å². The lowest BCUT2D eigenvalue weighted by molar-refractivity contribution is -0.126. The second kappa shape index (κ2) is 4.22. The predicted octanol–water partition coefficient (Wildman–Crippen LogP) is 0.229. The Kier molecular flexibility index (Phi) is 3.11. The highest BCUT2D eigenvalue weighted by Crippen LogP contribution is 2.21. The minimum Gasteiger partial charge on any atom is -0.298 e. The molecule has 1 saturated heterocycles. The molecule has 1 saturated carbocycles. The second-order valence-corrected chi connectivity index (χ2v) is 6.72. The van der Waals surface area contributed by atoms with Crippen LogP contribution in [0.3, 0.4) is 0 Å². The number of Topliss-reactive ketones (excluding diaryl/α,β-unsaturated/α-hetero) is 1. The van der Waals surface area contributed by atoms with Crippen LogP contribution in [0.25, 0.3) is 0 Å². The molecule has 1 heterocycles. The molecule has 2 aliphatic rings. The summed E-state index contributed by atoms with van der Waals surface area (Å²) in [5.41, 5.74) is 0. The normalized spacial score (nSPS) is 32.8. The first kappa shape index (κ1) is 11.1. The maximum atomic E-state index is 11.7. The molecule has 0 bridgehead atoms. The lowest BCUT2D eigenvalue weighted by Gasteiger charge is -2.35. The van der Waals surface area contributed by atoms with E-state index in [4.69, 9.17) is 0 Å². The molecule has 0 spiro atoms. The Hall–Kier alpha value is -0.420. The molecule has 1 unspecified atom stereocenters. The van der Waals surface area contributed by atoms with Gasteiger partial charge in [-0.2, -0.15) is 0 Å². The van der Waals surface area contributed by atoms with Crippen LogP contribution in [0.4, 0.5) is 0 Å². The van der Waals surface area contributed by atoms with E-state index in [1.165, 1.54) is 0 Å². The van der Waals surface area contributed by atoms with Crippen molar-refractivity contribution in [3.8, 4) is 0 Å². The van der Waals surface area contributed by atoms with E-state index in [-0.39, 0.29) is 17.5 Å². The molecule has 5 heteroatoms. The van der Waals surface area contributed by atoms with Gasteiger partial charge in [-0.15, -0.1) is 0 Å². The van der Waals surface area contributed by atoms with Gasteiger partial charge in [-0.05, 0) is 12.8 Å². The molecule has 4 nitrogen and oxygen atoms in total. The molecule has 1 aliphatic carbocycles. The molecule has 0 amide bonds. The van der Waals surface area contributed by atoms with Crippen molar-refractivity contribution in [2.24, 2.45) is 0 Å². The molecule has 2 rings (SSSR count). The lowest BCUT2D eigenvalue weighted by Crippen LogP contribution is -2.50. The molecule has 0 aromatic carbocycles. The largest absolute Gasteiger partial charge is 0.298 e. The van der Waals surface area contributed by atoms with Crippen molar-refractivity contribution in [1.29, 1.82) is 0 Å². The Balaban J connectivity index is 1.97. The summed E-state index contributed by atoms with van der Waals surface area (Å²) in [6.45, 7) is 1.08. The molecular formula is C10H17NO3S. The van der Waals surface area contributed by atoms with Crippen molar-refractivity contribution < 1.29 is 13.2 Å². The molecule has 15 heavy (non-hydrogen) atoms. The van der Waals surface area contributed by atoms with Crippen LogP contribution in [0.1, 0.15) is 25.7 Å². The van der Waals surface area contributed by atoms with E-state index < -0.39 is 9.84 Å². The van der Waals surface area contributed by atoms with Crippen LogP contribution in [0.5, 0.6) is 0 Å². The number of nitrogens with zero attached hydrogens (tertiary/aromatic N) is 1. The first-order chi connectivity index (χ1) is 7.08. The van der Waals surface area contributed by atoms with E-state index in [2.05, 4.69) is 4.90 Å². The zero-order chi connectivity index (χ0) is 10.9. The number of hydrogen-bond donors (Lipinski definition) is 0. The zero-order valence-corrected chi connectivity index (χ0v) is 9.63. The minimum atomic E-state index is -2.82. The zero-order valence-electron chi connectivity index (χ0n) is 8.81. The van der Waals surface area contributed by atoms with Crippen LogP contribution in [0.15, 0.2) is 0 Å². The summed E-state index contributed by atoms with van der Waals surface area (Å²) in [5, 5.41) is 0. The van der Waals surface area contributed by atoms with E-state index in [9.17, 15) is 13.2 Å². The van der Waals surface area contributed by atoms with Gasteiger partial charge in [0.25, 0.3) is 0 Å². The third-order valence-corrected chi connectivity index (χ3v) is 4.95. The fourth-order valence-corrected chi connectivity index (χ4v) is 3.62. The van der Waals surface area contributed by atoms with Gasteiger partial charge in [0.05, 0.1) is 17.5 Å². The quantitative estimate of drug-likeness (QED) is 0.648. The van der Waals surface area contributed by atoms with Gasteiger partial charge in [0, 0.05) is 19.5 Å². The van der Waals surface area contributed by atoms with E-state index in [0.29, 0.717) is 25.3 Å². The Morgan fingerprint density at radius 1 is 1.13 bits per heavy atom. The Labute approximate surface area is 90.6 Å². The molecule has 0 N–H and O–H groups in total. The third kappa shape index (κ3) is 2.58. The van der Waals surface area contributed by atoms with Crippen LogP contribution < -0.4 is 0 Å². The number of rotatable bonds is 1. The molecule has 2 fully saturated rings. The summed E-state index contributed by atoms with van der Waals surface area (Å²) in [6, 6.07) is 0.00856. The fraction of sp³-hybridized carbons (Fsp3) is 0.900.